The number of carbonyl (C=O) groups is 1. The van der Waals surface area contributed by atoms with E-state index in [0.29, 0.717) is 18.1 Å². The summed E-state index contributed by atoms with van der Waals surface area (Å²) >= 11 is 0. The summed E-state index contributed by atoms with van der Waals surface area (Å²) in [4.78, 5) is 20.3. The number of amides is 1. The molecule has 0 aliphatic carbocycles. The second-order valence-corrected chi connectivity index (χ2v) is 4.95. The fourth-order valence-corrected chi connectivity index (χ4v) is 2.12. The summed E-state index contributed by atoms with van der Waals surface area (Å²) in [6, 6.07) is 12.9. The van der Waals surface area contributed by atoms with Crippen LogP contribution in [-0.2, 0) is 6.54 Å². The number of rotatable bonds is 6. The van der Waals surface area contributed by atoms with Gasteiger partial charge in [0.05, 0.1) is 0 Å². The minimum absolute atomic E-state index is 0.0836. The summed E-state index contributed by atoms with van der Waals surface area (Å²) in [7, 11) is 0. The van der Waals surface area contributed by atoms with Crippen LogP contribution < -0.4 is 10.6 Å². The molecule has 2 aromatic heterocycles. The third-order valence-corrected chi connectivity index (χ3v) is 3.29. The first kappa shape index (κ1) is 14.8. The number of nitrogens with zero attached hydrogens (tertiary/aromatic N) is 3. The molecule has 0 atom stereocenters. The molecule has 3 aromatic rings. The zero-order valence-electron chi connectivity index (χ0n) is 12.5. The van der Waals surface area contributed by atoms with Crippen LogP contribution in [0.5, 0.6) is 0 Å². The lowest BCUT2D eigenvalue weighted by atomic mass is 10.2. The molecular formula is C17H17N5O. The molecule has 1 amide bonds. The van der Waals surface area contributed by atoms with Crippen molar-refractivity contribution in [3.63, 3.8) is 0 Å². The number of hydrogen-bond donors (Lipinski definition) is 2. The van der Waals surface area contributed by atoms with Crippen LogP contribution in [0.1, 0.15) is 10.4 Å². The van der Waals surface area contributed by atoms with E-state index in [0.717, 1.165) is 12.2 Å². The molecule has 2 heterocycles. The molecule has 0 saturated carbocycles. The highest BCUT2D eigenvalue weighted by Gasteiger charge is 2.05. The van der Waals surface area contributed by atoms with E-state index in [9.17, 15) is 4.79 Å². The van der Waals surface area contributed by atoms with Gasteiger partial charge in [0, 0.05) is 49.1 Å². The maximum absolute atomic E-state index is 12.1. The zero-order chi connectivity index (χ0) is 15.9. The van der Waals surface area contributed by atoms with Crippen molar-refractivity contribution in [3.05, 3.63) is 72.8 Å². The first-order valence-electron chi connectivity index (χ1n) is 7.34. The lowest BCUT2D eigenvalue weighted by molar-refractivity contribution is 0.0952. The second-order valence-electron chi connectivity index (χ2n) is 4.95. The molecule has 0 fully saturated rings. The van der Waals surface area contributed by atoms with Gasteiger partial charge in [-0.2, -0.15) is 0 Å². The Morgan fingerprint density at radius 1 is 1.00 bits per heavy atom. The normalized spacial score (nSPS) is 10.3. The average Bonchev–Trinajstić information content (AvgIpc) is 3.10. The first-order chi connectivity index (χ1) is 11.3. The molecule has 0 unspecified atom stereocenters. The van der Waals surface area contributed by atoms with Crippen molar-refractivity contribution in [1.29, 1.82) is 0 Å². The monoisotopic (exact) mass is 307 g/mol. The van der Waals surface area contributed by atoms with Crippen LogP contribution in [0.4, 0.5) is 11.6 Å². The maximum Gasteiger partial charge on any atom is 0.251 e. The van der Waals surface area contributed by atoms with E-state index < -0.39 is 0 Å². The average molecular weight is 307 g/mol. The second kappa shape index (κ2) is 7.22. The molecule has 3 rings (SSSR count). The molecule has 0 bridgehead atoms. The van der Waals surface area contributed by atoms with E-state index >= 15 is 0 Å². The Hall–Kier alpha value is -3.15. The van der Waals surface area contributed by atoms with Crippen LogP contribution >= 0.6 is 0 Å². The summed E-state index contributed by atoms with van der Waals surface area (Å²) in [6.07, 6.45) is 7.28. The van der Waals surface area contributed by atoms with Crippen molar-refractivity contribution in [2.24, 2.45) is 0 Å². The number of carbonyl (C=O) groups excluding carboxylic acids is 1. The fourth-order valence-electron chi connectivity index (χ4n) is 2.12. The Morgan fingerprint density at radius 3 is 2.39 bits per heavy atom. The minimum Gasteiger partial charge on any atom is -0.353 e. The van der Waals surface area contributed by atoms with Gasteiger partial charge in [0.25, 0.3) is 5.91 Å². The quantitative estimate of drug-likeness (QED) is 0.734. The smallest absolute Gasteiger partial charge is 0.251 e. The highest BCUT2D eigenvalue weighted by Crippen LogP contribution is 2.13. The predicted octanol–water partition coefficient (Wildman–Crippen LogP) is 2.45. The first-order valence-corrected chi connectivity index (χ1v) is 7.34. The van der Waals surface area contributed by atoms with Crippen molar-refractivity contribution in [2.45, 2.75) is 6.54 Å². The molecule has 2 N–H and O–H groups in total. The van der Waals surface area contributed by atoms with E-state index in [1.165, 1.54) is 0 Å². The van der Waals surface area contributed by atoms with Crippen LogP contribution in [0, 0.1) is 0 Å². The van der Waals surface area contributed by atoms with Gasteiger partial charge in [-0.15, -0.1) is 0 Å². The molecule has 0 aliphatic heterocycles. The third-order valence-electron chi connectivity index (χ3n) is 3.29. The summed E-state index contributed by atoms with van der Waals surface area (Å²) < 4.78 is 2.02. The number of aromatic nitrogens is 3. The lowest BCUT2D eigenvalue weighted by Gasteiger charge is -2.08. The van der Waals surface area contributed by atoms with Crippen LogP contribution in [-0.4, -0.2) is 27.0 Å². The van der Waals surface area contributed by atoms with E-state index in [1.54, 1.807) is 30.6 Å². The van der Waals surface area contributed by atoms with E-state index in [4.69, 9.17) is 0 Å². The van der Waals surface area contributed by atoms with Gasteiger partial charge in [-0.3, -0.25) is 4.79 Å². The van der Waals surface area contributed by atoms with Gasteiger partial charge < -0.3 is 15.2 Å². The van der Waals surface area contributed by atoms with Crippen molar-refractivity contribution in [1.82, 2.24) is 19.9 Å². The number of hydrogen-bond acceptors (Lipinski definition) is 4. The van der Waals surface area contributed by atoms with Gasteiger partial charge in [-0.1, -0.05) is 0 Å². The van der Waals surface area contributed by atoms with Crippen molar-refractivity contribution < 1.29 is 4.79 Å². The maximum atomic E-state index is 12.1. The number of nitrogens with one attached hydrogen (secondary N) is 2. The van der Waals surface area contributed by atoms with Gasteiger partial charge >= 0.3 is 0 Å². The van der Waals surface area contributed by atoms with Gasteiger partial charge in [0.15, 0.2) is 0 Å². The summed E-state index contributed by atoms with van der Waals surface area (Å²) in [6.45, 7) is 1.34. The van der Waals surface area contributed by atoms with Crippen LogP contribution in [0.15, 0.2) is 67.3 Å². The molecule has 6 nitrogen and oxygen atoms in total. The lowest BCUT2D eigenvalue weighted by Crippen LogP contribution is -2.26. The predicted molar refractivity (Wildman–Crippen MR) is 88.5 cm³/mol. The van der Waals surface area contributed by atoms with Gasteiger partial charge in [-0.25, -0.2) is 9.97 Å². The Balaban J connectivity index is 1.53. The molecule has 6 heteroatoms. The Bertz CT molecular complexity index is 738. The standard InChI is InChI=1S/C17H17N5O/c23-16(18-10-13-22-11-1-2-12-22)14-4-6-15(7-5-14)21-17-19-8-3-9-20-17/h1-9,11-12H,10,13H2,(H,18,23)(H,19,20,21). The molecular weight excluding hydrogens is 290 g/mol. The molecule has 0 saturated heterocycles. The molecule has 1 aromatic carbocycles. The largest absolute Gasteiger partial charge is 0.353 e. The van der Waals surface area contributed by atoms with Gasteiger partial charge in [0.2, 0.25) is 5.95 Å². The van der Waals surface area contributed by atoms with E-state index in [2.05, 4.69) is 20.6 Å². The van der Waals surface area contributed by atoms with Gasteiger partial charge in [-0.05, 0) is 42.5 Å². The molecule has 0 spiro atoms. The SMILES string of the molecule is O=C(NCCn1cccc1)c1ccc(Nc2ncccn2)cc1. The van der Waals surface area contributed by atoms with Crippen molar-refractivity contribution in [2.75, 3.05) is 11.9 Å². The Morgan fingerprint density at radius 2 is 1.70 bits per heavy atom. The fraction of sp³-hybridized carbons (Fsp3) is 0.118. The van der Waals surface area contributed by atoms with Gasteiger partial charge in [0.1, 0.15) is 0 Å². The summed E-state index contributed by atoms with van der Waals surface area (Å²) in [5.41, 5.74) is 1.46. The third kappa shape index (κ3) is 4.16. The Labute approximate surface area is 134 Å². The topological polar surface area (TPSA) is 71.8 Å². The zero-order valence-corrected chi connectivity index (χ0v) is 12.5. The number of benzene rings is 1. The highest BCUT2D eigenvalue weighted by atomic mass is 16.1. The molecule has 23 heavy (non-hydrogen) atoms. The highest BCUT2D eigenvalue weighted by molar-refractivity contribution is 5.94. The van der Waals surface area contributed by atoms with Crippen LogP contribution in [0.3, 0.4) is 0 Å². The molecule has 0 aliphatic rings. The van der Waals surface area contributed by atoms with Crippen molar-refractivity contribution >= 4 is 17.5 Å². The van der Waals surface area contributed by atoms with Crippen LogP contribution in [0.2, 0.25) is 0 Å². The molecule has 0 radical (unpaired) electrons. The van der Waals surface area contributed by atoms with E-state index in [1.807, 2.05) is 41.2 Å². The molecule has 116 valence electrons. The van der Waals surface area contributed by atoms with E-state index in [-0.39, 0.29) is 5.91 Å². The Kier molecular flexibility index (Phi) is 4.63. The number of anilines is 2. The summed E-state index contributed by atoms with van der Waals surface area (Å²) in [5, 5.41) is 5.98. The minimum atomic E-state index is -0.0836. The summed E-state index contributed by atoms with van der Waals surface area (Å²) in [5.74, 6) is 0.441. The van der Waals surface area contributed by atoms with Crippen molar-refractivity contribution in [3.8, 4) is 0 Å². The van der Waals surface area contributed by atoms with Crippen LogP contribution in [0.25, 0.3) is 0 Å².